The van der Waals surface area contributed by atoms with Gasteiger partial charge in [-0.1, -0.05) is 57.5 Å². The SMILES string of the molecule is O=C(CSc1n[nH]c(-c2ccccc2Cl)n1)Nc1cccc(Br)c1. The third-order valence-electron chi connectivity index (χ3n) is 3.03. The number of carbonyl (C=O) groups excluding carboxylic acids is 1. The van der Waals surface area contributed by atoms with E-state index in [1.165, 1.54) is 11.8 Å². The fraction of sp³-hybridized carbons (Fsp3) is 0.0625. The molecule has 0 bridgehead atoms. The number of halogens is 2. The van der Waals surface area contributed by atoms with Gasteiger partial charge in [-0.2, -0.15) is 0 Å². The van der Waals surface area contributed by atoms with Crippen LogP contribution in [-0.2, 0) is 4.79 Å². The Balaban J connectivity index is 1.59. The first-order valence-corrected chi connectivity index (χ1v) is 9.13. The molecule has 0 aliphatic heterocycles. The molecule has 8 heteroatoms. The molecule has 0 unspecified atom stereocenters. The van der Waals surface area contributed by atoms with E-state index in [0.29, 0.717) is 16.0 Å². The maximum Gasteiger partial charge on any atom is 0.234 e. The van der Waals surface area contributed by atoms with Crippen LogP contribution in [0.3, 0.4) is 0 Å². The first-order chi connectivity index (χ1) is 11.6. The third kappa shape index (κ3) is 4.37. The number of nitrogens with one attached hydrogen (secondary N) is 2. The summed E-state index contributed by atoms with van der Waals surface area (Å²) in [5.41, 5.74) is 1.51. The van der Waals surface area contributed by atoms with Gasteiger partial charge in [0.25, 0.3) is 0 Å². The van der Waals surface area contributed by atoms with Crippen LogP contribution in [0.15, 0.2) is 58.2 Å². The minimum Gasteiger partial charge on any atom is -0.325 e. The number of hydrogen-bond acceptors (Lipinski definition) is 4. The van der Waals surface area contributed by atoms with Crippen molar-refractivity contribution in [2.75, 3.05) is 11.1 Å². The number of amides is 1. The minimum atomic E-state index is -0.123. The zero-order chi connectivity index (χ0) is 16.9. The largest absolute Gasteiger partial charge is 0.325 e. The van der Waals surface area contributed by atoms with Crippen LogP contribution in [0, 0.1) is 0 Å². The first-order valence-electron chi connectivity index (χ1n) is 6.97. The van der Waals surface area contributed by atoms with Crippen LogP contribution < -0.4 is 5.32 Å². The van der Waals surface area contributed by atoms with E-state index in [-0.39, 0.29) is 11.7 Å². The topological polar surface area (TPSA) is 70.7 Å². The van der Waals surface area contributed by atoms with Gasteiger partial charge in [0.15, 0.2) is 5.82 Å². The number of benzene rings is 2. The lowest BCUT2D eigenvalue weighted by molar-refractivity contribution is -0.113. The van der Waals surface area contributed by atoms with Gasteiger partial charge in [-0.25, -0.2) is 4.98 Å². The summed E-state index contributed by atoms with van der Waals surface area (Å²) >= 11 is 10.8. The molecule has 0 spiro atoms. The van der Waals surface area contributed by atoms with E-state index < -0.39 is 0 Å². The second-order valence-corrected chi connectivity index (χ2v) is 7.06. The van der Waals surface area contributed by atoms with Gasteiger partial charge < -0.3 is 5.32 Å². The molecule has 24 heavy (non-hydrogen) atoms. The van der Waals surface area contributed by atoms with E-state index in [2.05, 4.69) is 36.4 Å². The van der Waals surface area contributed by atoms with Crippen LogP contribution in [-0.4, -0.2) is 26.8 Å². The predicted octanol–water partition coefficient (Wildman–Crippen LogP) is 4.62. The summed E-state index contributed by atoms with van der Waals surface area (Å²) in [5, 5.41) is 10.9. The second-order valence-electron chi connectivity index (χ2n) is 4.79. The number of thioether (sulfide) groups is 1. The number of aromatic nitrogens is 3. The van der Waals surface area contributed by atoms with Crippen molar-refractivity contribution in [3.05, 3.63) is 58.0 Å². The molecule has 2 aromatic carbocycles. The number of anilines is 1. The Kier molecular flexibility index (Phi) is 5.55. The van der Waals surface area contributed by atoms with Gasteiger partial charge >= 0.3 is 0 Å². The van der Waals surface area contributed by atoms with Gasteiger partial charge in [-0.15, -0.1) is 5.10 Å². The second kappa shape index (κ2) is 7.83. The highest BCUT2D eigenvalue weighted by Gasteiger charge is 2.11. The lowest BCUT2D eigenvalue weighted by Crippen LogP contribution is -2.14. The van der Waals surface area contributed by atoms with Crippen LogP contribution >= 0.6 is 39.3 Å². The standard InChI is InChI=1S/C16H12BrClN4OS/c17-10-4-3-5-11(8-10)19-14(23)9-24-16-20-15(21-22-16)12-6-1-2-7-13(12)18/h1-8H,9H2,(H,19,23)(H,20,21,22). The Hall–Kier alpha value is -1.83. The van der Waals surface area contributed by atoms with Crippen molar-refractivity contribution < 1.29 is 4.79 Å². The quantitative estimate of drug-likeness (QED) is 0.588. The molecular weight excluding hydrogens is 412 g/mol. The lowest BCUT2D eigenvalue weighted by Gasteiger charge is -2.04. The number of H-pyrrole nitrogens is 1. The molecule has 0 aliphatic rings. The van der Waals surface area contributed by atoms with Crippen molar-refractivity contribution in [1.29, 1.82) is 0 Å². The molecule has 0 fully saturated rings. The first kappa shape index (κ1) is 17.0. The van der Waals surface area contributed by atoms with Gasteiger partial charge in [0.1, 0.15) is 0 Å². The van der Waals surface area contributed by atoms with Crippen LogP contribution in [0.4, 0.5) is 5.69 Å². The highest BCUT2D eigenvalue weighted by molar-refractivity contribution is 9.10. The Bertz CT molecular complexity index is 871. The molecule has 0 atom stereocenters. The maximum absolute atomic E-state index is 12.0. The summed E-state index contributed by atoms with van der Waals surface area (Å²) in [4.78, 5) is 16.4. The smallest absolute Gasteiger partial charge is 0.234 e. The highest BCUT2D eigenvalue weighted by atomic mass is 79.9. The summed E-state index contributed by atoms with van der Waals surface area (Å²) in [6, 6.07) is 14.8. The molecule has 122 valence electrons. The van der Waals surface area contributed by atoms with Gasteiger partial charge in [-0.05, 0) is 30.3 Å². The summed E-state index contributed by atoms with van der Waals surface area (Å²) < 4.78 is 0.909. The lowest BCUT2D eigenvalue weighted by atomic mass is 10.2. The van der Waals surface area contributed by atoms with Crippen LogP contribution in [0.25, 0.3) is 11.4 Å². The van der Waals surface area contributed by atoms with Crippen molar-refractivity contribution in [2.24, 2.45) is 0 Å². The molecule has 0 aliphatic carbocycles. The van der Waals surface area contributed by atoms with E-state index >= 15 is 0 Å². The fourth-order valence-corrected chi connectivity index (χ4v) is 3.20. The Morgan fingerprint density at radius 3 is 2.88 bits per heavy atom. The Morgan fingerprint density at radius 1 is 1.25 bits per heavy atom. The monoisotopic (exact) mass is 422 g/mol. The van der Waals surface area contributed by atoms with Crippen molar-refractivity contribution in [2.45, 2.75) is 5.16 Å². The van der Waals surface area contributed by atoms with Crippen LogP contribution in [0.2, 0.25) is 5.02 Å². The summed E-state index contributed by atoms with van der Waals surface area (Å²) in [6.45, 7) is 0. The zero-order valence-corrected chi connectivity index (χ0v) is 15.5. The number of hydrogen-bond donors (Lipinski definition) is 2. The van der Waals surface area contributed by atoms with E-state index in [1.54, 1.807) is 6.07 Å². The average Bonchev–Trinajstić information content (AvgIpc) is 3.02. The summed E-state index contributed by atoms with van der Waals surface area (Å²) in [5.74, 6) is 0.671. The number of nitrogens with zero attached hydrogens (tertiary/aromatic N) is 2. The molecule has 1 aromatic heterocycles. The van der Waals surface area contributed by atoms with Crippen molar-refractivity contribution >= 4 is 50.9 Å². The molecule has 0 saturated heterocycles. The molecule has 3 rings (SSSR count). The molecule has 1 heterocycles. The molecule has 0 radical (unpaired) electrons. The van der Waals surface area contributed by atoms with E-state index in [1.807, 2.05) is 42.5 Å². The normalized spacial score (nSPS) is 10.6. The summed E-state index contributed by atoms with van der Waals surface area (Å²) in [6.07, 6.45) is 0. The molecule has 5 nitrogen and oxygen atoms in total. The van der Waals surface area contributed by atoms with Crippen molar-refractivity contribution in [3.63, 3.8) is 0 Å². The van der Waals surface area contributed by atoms with Crippen LogP contribution in [0.5, 0.6) is 0 Å². The molecule has 2 N–H and O–H groups in total. The van der Waals surface area contributed by atoms with E-state index in [4.69, 9.17) is 11.6 Å². The minimum absolute atomic E-state index is 0.123. The van der Waals surface area contributed by atoms with Crippen molar-refractivity contribution in [1.82, 2.24) is 15.2 Å². The van der Waals surface area contributed by atoms with Gasteiger partial charge in [-0.3, -0.25) is 9.89 Å². The van der Waals surface area contributed by atoms with Crippen LogP contribution in [0.1, 0.15) is 0 Å². The zero-order valence-electron chi connectivity index (χ0n) is 12.3. The fourth-order valence-electron chi connectivity index (χ4n) is 1.98. The number of carbonyl (C=O) groups is 1. The highest BCUT2D eigenvalue weighted by Crippen LogP contribution is 2.26. The van der Waals surface area contributed by atoms with Crippen molar-refractivity contribution in [3.8, 4) is 11.4 Å². The Labute approximate surface area is 156 Å². The van der Waals surface area contributed by atoms with Gasteiger partial charge in [0, 0.05) is 15.7 Å². The average molecular weight is 424 g/mol. The predicted molar refractivity (Wildman–Crippen MR) is 100 cm³/mol. The molecule has 0 saturated carbocycles. The molecular formula is C16H12BrClN4OS. The van der Waals surface area contributed by atoms with E-state index in [0.717, 1.165) is 15.7 Å². The third-order valence-corrected chi connectivity index (χ3v) is 4.70. The molecule has 3 aromatic rings. The number of aromatic amines is 1. The summed E-state index contributed by atoms with van der Waals surface area (Å²) in [7, 11) is 0. The number of rotatable bonds is 5. The van der Waals surface area contributed by atoms with Gasteiger partial charge in [0.2, 0.25) is 11.1 Å². The Morgan fingerprint density at radius 2 is 2.08 bits per heavy atom. The molecule has 1 amide bonds. The van der Waals surface area contributed by atoms with E-state index in [9.17, 15) is 4.79 Å². The maximum atomic E-state index is 12.0. The van der Waals surface area contributed by atoms with Gasteiger partial charge in [0.05, 0.1) is 10.8 Å².